The average molecular weight is 545 g/mol. The summed E-state index contributed by atoms with van der Waals surface area (Å²) in [6, 6.07) is 15.2. The molecule has 1 aliphatic rings. The van der Waals surface area contributed by atoms with E-state index in [1.165, 1.54) is 29.9 Å². The summed E-state index contributed by atoms with van der Waals surface area (Å²) in [7, 11) is 1.27. The zero-order valence-electron chi connectivity index (χ0n) is 20.6. The standard InChI is InChI=1S/C28H20N2O8S/c1-14-22(27(36)37-2)23(15-6-4-3-5-7-15)30-24(31)21(39-28(30)29-14)13-19-8-9-20(38-19)16-10-17(25(32)33)12-18(11-16)26(34)35/h3-13,23H,1-2H3,(H,32,33)(H,34,35). The van der Waals surface area contributed by atoms with E-state index in [9.17, 15) is 29.4 Å². The number of thiazole rings is 1. The van der Waals surface area contributed by atoms with Gasteiger partial charge in [-0.15, -0.1) is 0 Å². The van der Waals surface area contributed by atoms with Gasteiger partial charge in [0.1, 0.15) is 11.5 Å². The van der Waals surface area contributed by atoms with Crippen LogP contribution in [0.3, 0.4) is 0 Å². The minimum absolute atomic E-state index is 0.200. The second-order valence-electron chi connectivity index (χ2n) is 8.60. The van der Waals surface area contributed by atoms with Gasteiger partial charge in [0.05, 0.1) is 40.1 Å². The number of hydrogen-bond acceptors (Lipinski definition) is 8. The van der Waals surface area contributed by atoms with Crippen molar-refractivity contribution >= 4 is 35.3 Å². The highest BCUT2D eigenvalue weighted by Crippen LogP contribution is 2.30. The van der Waals surface area contributed by atoms with E-state index >= 15 is 0 Å². The van der Waals surface area contributed by atoms with Crippen molar-refractivity contribution in [2.24, 2.45) is 4.99 Å². The number of aromatic carboxylic acids is 2. The number of hydrogen-bond donors (Lipinski definition) is 2. The Morgan fingerprint density at radius 2 is 1.69 bits per heavy atom. The molecule has 0 fully saturated rings. The first-order valence-corrected chi connectivity index (χ1v) is 12.4. The number of methoxy groups -OCH3 is 1. The molecule has 10 nitrogen and oxygen atoms in total. The highest BCUT2D eigenvalue weighted by atomic mass is 32.1. The van der Waals surface area contributed by atoms with Gasteiger partial charge in [-0.05, 0) is 42.8 Å². The lowest BCUT2D eigenvalue weighted by molar-refractivity contribution is -0.136. The Labute approximate surface area is 224 Å². The molecule has 1 aliphatic heterocycles. The van der Waals surface area contributed by atoms with Crippen LogP contribution in [0.1, 0.15) is 45.0 Å². The fourth-order valence-electron chi connectivity index (χ4n) is 4.37. The Morgan fingerprint density at radius 1 is 1.03 bits per heavy atom. The maximum Gasteiger partial charge on any atom is 0.338 e. The first-order valence-electron chi connectivity index (χ1n) is 11.6. The van der Waals surface area contributed by atoms with Crippen molar-refractivity contribution in [3.63, 3.8) is 0 Å². The zero-order chi connectivity index (χ0) is 27.8. The van der Waals surface area contributed by atoms with Gasteiger partial charge in [-0.1, -0.05) is 41.7 Å². The van der Waals surface area contributed by atoms with Gasteiger partial charge < -0.3 is 19.4 Å². The largest absolute Gasteiger partial charge is 0.478 e. The molecule has 1 unspecified atom stereocenters. The third-order valence-electron chi connectivity index (χ3n) is 6.15. The highest BCUT2D eigenvalue weighted by Gasteiger charge is 2.33. The normalized spacial score (nSPS) is 15.0. The predicted octanol–water partition coefficient (Wildman–Crippen LogP) is 3.06. The van der Waals surface area contributed by atoms with Crippen molar-refractivity contribution in [3.05, 3.63) is 114 Å². The molecular weight excluding hydrogens is 524 g/mol. The second-order valence-corrected chi connectivity index (χ2v) is 9.60. The van der Waals surface area contributed by atoms with Gasteiger partial charge in [0, 0.05) is 11.6 Å². The van der Waals surface area contributed by atoms with Gasteiger partial charge >= 0.3 is 17.9 Å². The van der Waals surface area contributed by atoms with Crippen LogP contribution in [0, 0.1) is 0 Å². The Kier molecular flexibility index (Phi) is 6.59. The van der Waals surface area contributed by atoms with Gasteiger partial charge in [0.25, 0.3) is 5.56 Å². The van der Waals surface area contributed by atoms with Crippen LogP contribution in [0.15, 0.2) is 86.1 Å². The van der Waals surface area contributed by atoms with E-state index < -0.39 is 23.9 Å². The van der Waals surface area contributed by atoms with E-state index in [2.05, 4.69) is 4.99 Å². The molecule has 0 bridgehead atoms. The van der Waals surface area contributed by atoms with Crippen LogP contribution in [0.5, 0.6) is 0 Å². The summed E-state index contributed by atoms with van der Waals surface area (Å²) in [5.41, 5.74) is 0.888. The van der Waals surface area contributed by atoms with Crippen LogP contribution in [-0.4, -0.2) is 39.8 Å². The summed E-state index contributed by atoms with van der Waals surface area (Å²) in [5, 5.41) is 18.7. The number of carboxylic acid groups (broad SMARTS) is 2. The molecule has 39 heavy (non-hydrogen) atoms. The number of nitrogens with zero attached hydrogens (tertiary/aromatic N) is 2. The molecule has 2 aromatic carbocycles. The first kappa shape index (κ1) is 25.6. The van der Waals surface area contributed by atoms with E-state index in [1.54, 1.807) is 19.1 Å². The van der Waals surface area contributed by atoms with Crippen LogP contribution in [0.25, 0.3) is 17.4 Å². The zero-order valence-corrected chi connectivity index (χ0v) is 21.4. The second kappa shape index (κ2) is 10.0. The molecule has 0 saturated heterocycles. The van der Waals surface area contributed by atoms with Crippen molar-refractivity contribution in [1.82, 2.24) is 4.57 Å². The highest BCUT2D eigenvalue weighted by molar-refractivity contribution is 7.07. The van der Waals surface area contributed by atoms with E-state index in [-0.39, 0.29) is 39.3 Å². The molecule has 3 heterocycles. The van der Waals surface area contributed by atoms with Crippen LogP contribution >= 0.6 is 11.3 Å². The summed E-state index contributed by atoms with van der Waals surface area (Å²) in [6.07, 6.45) is 1.52. The maximum absolute atomic E-state index is 13.6. The monoisotopic (exact) mass is 544 g/mol. The number of esters is 1. The molecular formula is C28H20N2O8S. The lowest BCUT2D eigenvalue weighted by Gasteiger charge is -2.24. The van der Waals surface area contributed by atoms with E-state index in [4.69, 9.17) is 9.15 Å². The van der Waals surface area contributed by atoms with Crippen molar-refractivity contribution < 1.29 is 33.8 Å². The number of carbonyl (C=O) groups excluding carboxylic acids is 1. The maximum atomic E-state index is 13.6. The number of carbonyl (C=O) groups is 3. The third kappa shape index (κ3) is 4.71. The van der Waals surface area contributed by atoms with Gasteiger partial charge in [-0.25, -0.2) is 19.4 Å². The smallest absolute Gasteiger partial charge is 0.338 e. The number of fused-ring (bicyclic) bond motifs is 1. The Morgan fingerprint density at radius 3 is 2.31 bits per heavy atom. The average Bonchev–Trinajstić information content (AvgIpc) is 3.52. The Hall–Kier alpha value is -5.03. The van der Waals surface area contributed by atoms with Gasteiger partial charge in [-0.3, -0.25) is 9.36 Å². The minimum Gasteiger partial charge on any atom is -0.478 e. The van der Waals surface area contributed by atoms with Gasteiger partial charge in [-0.2, -0.15) is 0 Å². The number of benzene rings is 2. The quantitative estimate of drug-likeness (QED) is 0.352. The Balaban J connectivity index is 1.62. The minimum atomic E-state index is -1.28. The van der Waals surface area contributed by atoms with E-state index in [1.807, 2.05) is 30.3 Å². The topological polar surface area (TPSA) is 148 Å². The summed E-state index contributed by atoms with van der Waals surface area (Å²) < 4.78 is 12.6. The van der Waals surface area contributed by atoms with Gasteiger partial charge in [0.15, 0.2) is 4.80 Å². The molecule has 11 heteroatoms. The van der Waals surface area contributed by atoms with Crippen molar-refractivity contribution in [1.29, 1.82) is 0 Å². The fourth-order valence-corrected chi connectivity index (χ4v) is 5.40. The Bertz CT molecular complexity index is 1830. The molecule has 0 saturated carbocycles. The molecule has 2 N–H and O–H groups in total. The first-order chi connectivity index (χ1) is 18.7. The molecule has 2 aromatic heterocycles. The van der Waals surface area contributed by atoms with Gasteiger partial charge in [0.2, 0.25) is 0 Å². The van der Waals surface area contributed by atoms with E-state index in [0.29, 0.717) is 20.6 Å². The molecule has 0 spiro atoms. The van der Waals surface area contributed by atoms with Crippen molar-refractivity contribution in [2.75, 3.05) is 7.11 Å². The van der Waals surface area contributed by atoms with Crippen molar-refractivity contribution in [2.45, 2.75) is 13.0 Å². The van der Waals surface area contributed by atoms with Crippen molar-refractivity contribution in [3.8, 4) is 11.3 Å². The summed E-state index contributed by atoms with van der Waals surface area (Å²) in [4.78, 5) is 54.2. The third-order valence-corrected chi connectivity index (χ3v) is 7.14. The number of allylic oxidation sites excluding steroid dienone is 1. The van der Waals surface area contributed by atoms with Crippen LogP contribution in [-0.2, 0) is 9.53 Å². The number of ether oxygens (including phenoxy) is 1. The molecule has 5 rings (SSSR count). The lowest BCUT2D eigenvalue weighted by atomic mass is 9.96. The predicted molar refractivity (Wildman–Crippen MR) is 140 cm³/mol. The molecule has 0 aliphatic carbocycles. The molecule has 0 amide bonds. The molecule has 4 aromatic rings. The summed E-state index contributed by atoms with van der Waals surface area (Å²) >= 11 is 1.12. The molecule has 196 valence electrons. The number of rotatable bonds is 6. The van der Waals surface area contributed by atoms with Crippen LogP contribution < -0.4 is 14.9 Å². The van der Waals surface area contributed by atoms with Crippen LogP contribution in [0.4, 0.5) is 0 Å². The summed E-state index contributed by atoms with van der Waals surface area (Å²) in [6.45, 7) is 1.69. The number of carboxylic acids is 2. The molecule has 0 radical (unpaired) electrons. The lowest BCUT2D eigenvalue weighted by Crippen LogP contribution is -2.39. The van der Waals surface area contributed by atoms with E-state index in [0.717, 1.165) is 17.4 Å². The fraction of sp³-hybridized carbons (Fsp3) is 0.107. The SMILES string of the molecule is COC(=O)C1=C(C)N=c2sc(=Cc3ccc(-c4cc(C(=O)O)cc(C(=O)O)c4)o3)c(=O)n2C1c1ccccc1. The summed E-state index contributed by atoms with van der Waals surface area (Å²) in [5.74, 6) is -2.62. The molecule has 1 atom stereocenters. The number of aromatic nitrogens is 1. The van der Waals surface area contributed by atoms with Crippen LogP contribution in [0.2, 0.25) is 0 Å². The number of furan rings is 1.